The number of sulfonamides is 1. The Morgan fingerprint density at radius 3 is 2.58 bits per heavy atom. The van der Waals surface area contributed by atoms with Crippen LogP contribution < -0.4 is 5.32 Å². The Balaban J connectivity index is 0.00000208. The largest absolute Gasteiger partial charge is 0.340 e. The van der Waals surface area contributed by atoms with E-state index in [-0.39, 0.29) is 18.3 Å². The highest BCUT2D eigenvalue weighted by molar-refractivity contribution is 7.88. The second-order valence-corrected chi connectivity index (χ2v) is 8.05. The van der Waals surface area contributed by atoms with Gasteiger partial charge in [0, 0.05) is 52.1 Å². The summed E-state index contributed by atoms with van der Waals surface area (Å²) in [4.78, 5) is 14.0. The van der Waals surface area contributed by atoms with E-state index in [2.05, 4.69) is 16.5 Å². The van der Waals surface area contributed by atoms with E-state index in [0.717, 1.165) is 25.3 Å². The van der Waals surface area contributed by atoms with Crippen molar-refractivity contribution in [2.45, 2.75) is 25.9 Å². The monoisotopic (exact) mass is 377 g/mol. The Morgan fingerprint density at radius 1 is 1.25 bits per heavy atom. The lowest BCUT2D eigenvalue weighted by atomic mass is 10.2. The molecule has 24 heavy (non-hydrogen) atoms. The van der Waals surface area contributed by atoms with Crippen molar-refractivity contribution in [3.8, 4) is 0 Å². The lowest BCUT2D eigenvalue weighted by molar-refractivity contribution is -0.132. The summed E-state index contributed by atoms with van der Waals surface area (Å²) in [6.45, 7) is 4.33. The quantitative estimate of drug-likeness (QED) is 0.760. The predicted octanol–water partition coefficient (Wildman–Crippen LogP) is -0.555. The van der Waals surface area contributed by atoms with Gasteiger partial charge < -0.3 is 10.2 Å². The molecule has 2 aliphatic heterocycles. The first-order chi connectivity index (χ1) is 10.9. The minimum atomic E-state index is -3.16. The number of aromatic nitrogens is 2. The minimum absolute atomic E-state index is 0. The van der Waals surface area contributed by atoms with E-state index in [1.807, 2.05) is 4.68 Å². The van der Waals surface area contributed by atoms with Crippen LogP contribution in [0.2, 0.25) is 0 Å². The second kappa shape index (κ2) is 7.81. The third-order valence-electron chi connectivity index (χ3n) is 4.38. The van der Waals surface area contributed by atoms with Crippen molar-refractivity contribution in [1.29, 1.82) is 0 Å². The van der Waals surface area contributed by atoms with Crippen LogP contribution >= 0.6 is 12.4 Å². The summed E-state index contributed by atoms with van der Waals surface area (Å²) < 4.78 is 26.4. The van der Waals surface area contributed by atoms with Crippen molar-refractivity contribution < 1.29 is 13.2 Å². The summed E-state index contributed by atoms with van der Waals surface area (Å²) in [6.07, 6.45) is 2.26. The third kappa shape index (κ3) is 4.47. The van der Waals surface area contributed by atoms with Gasteiger partial charge >= 0.3 is 0 Å². The van der Waals surface area contributed by atoms with Crippen molar-refractivity contribution in [2.75, 3.05) is 39.0 Å². The van der Waals surface area contributed by atoms with E-state index in [9.17, 15) is 13.2 Å². The van der Waals surface area contributed by atoms with E-state index in [1.165, 1.54) is 16.3 Å². The fraction of sp³-hybridized carbons (Fsp3) is 0.714. The van der Waals surface area contributed by atoms with E-state index in [1.54, 1.807) is 4.90 Å². The molecule has 0 radical (unpaired) electrons. The van der Waals surface area contributed by atoms with Gasteiger partial charge in [0.2, 0.25) is 15.9 Å². The SMILES string of the molecule is CS(=O)(=O)N1CCN(C(=O)CCc2cc3n(n2)CCNC3)CC1.Cl. The smallest absolute Gasteiger partial charge is 0.223 e. The van der Waals surface area contributed by atoms with Gasteiger partial charge in [-0.25, -0.2) is 8.42 Å². The molecule has 1 N–H and O–H groups in total. The van der Waals surface area contributed by atoms with Crippen molar-refractivity contribution in [2.24, 2.45) is 0 Å². The second-order valence-electron chi connectivity index (χ2n) is 6.07. The molecule has 8 nitrogen and oxygen atoms in total. The molecule has 1 aromatic rings. The number of amides is 1. The molecule has 1 saturated heterocycles. The van der Waals surface area contributed by atoms with Crippen LogP contribution in [0.1, 0.15) is 17.8 Å². The average molecular weight is 378 g/mol. The minimum Gasteiger partial charge on any atom is -0.340 e. The Bertz CT molecular complexity index is 659. The fourth-order valence-electron chi connectivity index (χ4n) is 3.04. The number of hydrogen-bond donors (Lipinski definition) is 1. The summed E-state index contributed by atoms with van der Waals surface area (Å²) in [5, 5.41) is 7.83. The molecule has 136 valence electrons. The number of rotatable bonds is 4. The van der Waals surface area contributed by atoms with Crippen molar-refractivity contribution >= 4 is 28.3 Å². The molecule has 1 aromatic heterocycles. The van der Waals surface area contributed by atoms with Crippen molar-refractivity contribution in [3.05, 3.63) is 17.5 Å². The number of nitrogens with zero attached hydrogens (tertiary/aromatic N) is 4. The molecular formula is C14H24ClN5O3S. The molecule has 0 aromatic carbocycles. The molecule has 1 fully saturated rings. The Kier molecular flexibility index (Phi) is 6.24. The molecule has 3 rings (SSSR count). The van der Waals surface area contributed by atoms with Crippen molar-refractivity contribution in [3.63, 3.8) is 0 Å². The van der Waals surface area contributed by atoms with E-state index in [0.29, 0.717) is 39.0 Å². The zero-order chi connectivity index (χ0) is 16.4. The first-order valence-corrected chi connectivity index (χ1v) is 9.77. The maximum Gasteiger partial charge on any atom is 0.223 e. The number of piperazine rings is 1. The van der Waals surface area contributed by atoms with Crippen LogP contribution in [0.4, 0.5) is 0 Å². The number of halogens is 1. The van der Waals surface area contributed by atoms with Crippen molar-refractivity contribution in [1.82, 2.24) is 24.3 Å². The van der Waals surface area contributed by atoms with Gasteiger partial charge in [0.25, 0.3) is 0 Å². The molecule has 10 heteroatoms. The summed E-state index contributed by atoms with van der Waals surface area (Å²) in [7, 11) is -3.16. The maximum absolute atomic E-state index is 12.3. The van der Waals surface area contributed by atoms with Gasteiger partial charge in [0.05, 0.1) is 24.2 Å². The molecule has 0 atom stereocenters. The predicted molar refractivity (Wildman–Crippen MR) is 92.5 cm³/mol. The Hall–Kier alpha value is -1.16. The molecule has 1 amide bonds. The topological polar surface area (TPSA) is 87.5 Å². The van der Waals surface area contributed by atoms with E-state index in [4.69, 9.17) is 0 Å². The number of fused-ring (bicyclic) bond motifs is 1. The molecule has 2 aliphatic rings. The van der Waals surface area contributed by atoms with Crippen LogP contribution in [0.25, 0.3) is 0 Å². The summed E-state index contributed by atoms with van der Waals surface area (Å²) in [6, 6.07) is 2.06. The lowest BCUT2D eigenvalue weighted by Gasteiger charge is -2.33. The van der Waals surface area contributed by atoms with Gasteiger partial charge in [-0.3, -0.25) is 9.48 Å². The van der Waals surface area contributed by atoms with Gasteiger partial charge in [0.15, 0.2) is 0 Å². The highest BCUT2D eigenvalue weighted by atomic mass is 35.5. The molecule has 0 aliphatic carbocycles. The molecular weight excluding hydrogens is 354 g/mol. The van der Waals surface area contributed by atoms with Gasteiger partial charge in [-0.15, -0.1) is 12.4 Å². The van der Waals surface area contributed by atoms with Crippen LogP contribution in [0.5, 0.6) is 0 Å². The summed E-state index contributed by atoms with van der Waals surface area (Å²) in [5.41, 5.74) is 2.12. The average Bonchev–Trinajstić information content (AvgIpc) is 2.95. The van der Waals surface area contributed by atoms with Gasteiger partial charge in [0.1, 0.15) is 0 Å². The third-order valence-corrected chi connectivity index (χ3v) is 5.68. The first-order valence-electron chi connectivity index (χ1n) is 7.93. The normalized spacial score (nSPS) is 18.8. The maximum atomic E-state index is 12.3. The van der Waals surface area contributed by atoms with Crippen LogP contribution in [0.3, 0.4) is 0 Å². The van der Waals surface area contributed by atoms with Gasteiger partial charge in [-0.2, -0.15) is 9.40 Å². The fourth-order valence-corrected chi connectivity index (χ4v) is 3.86. The molecule has 0 bridgehead atoms. The van der Waals surface area contributed by atoms with Crippen LogP contribution in [0, 0.1) is 0 Å². The van der Waals surface area contributed by atoms with Crippen LogP contribution in [-0.4, -0.2) is 72.3 Å². The molecule has 0 spiro atoms. The van der Waals surface area contributed by atoms with E-state index < -0.39 is 10.0 Å². The summed E-state index contributed by atoms with van der Waals surface area (Å²) in [5.74, 6) is 0.0715. The Labute approximate surface area is 148 Å². The standard InChI is InChI=1S/C14H23N5O3S.ClH/c1-23(21,22)18-8-6-17(7-9-18)14(20)3-2-12-10-13-11-15-4-5-19(13)16-12;/h10,15H,2-9,11H2,1H3;1H. The molecule has 0 saturated carbocycles. The summed E-state index contributed by atoms with van der Waals surface area (Å²) >= 11 is 0. The number of carbonyl (C=O) groups is 1. The molecule has 3 heterocycles. The van der Waals surface area contributed by atoms with Crippen LogP contribution in [0.15, 0.2) is 6.07 Å². The first kappa shape index (κ1) is 19.2. The zero-order valence-electron chi connectivity index (χ0n) is 13.8. The molecule has 0 unspecified atom stereocenters. The van der Waals surface area contributed by atoms with Gasteiger partial charge in [-0.1, -0.05) is 0 Å². The number of aryl methyl sites for hydroxylation is 1. The van der Waals surface area contributed by atoms with E-state index >= 15 is 0 Å². The number of nitrogens with one attached hydrogen (secondary N) is 1. The lowest BCUT2D eigenvalue weighted by Crippen LogP contribution is -2.50. The Morgan fingerprint density at radius 2 is 1.96 bits per heavy atom. The number of hydrogen-bond acceptors (Lipinski definition) is 5. The highest BCUT2D eigenvalue weighted by Crippen LogP contribution is 2.12. The van der Waals surface area contributed by atoms with Gasteiger partial charge in [-0.05, 0) is 6.07 Å². The number of carbonyl (C=O) groups excluding carboxylic acids is 1. The zero-order valence-corrected chi connectivity index (χ0v) is 15.4. The highest BCUT2D eigenvalue weighted by Gasteiger charge is 2.25. The van der Waals surface area contributed by atoms with Crippen LogP contribution in [-0.2, 0) is 34.3 Å².